The van der Waals surface area contributed by atoms with Crippen LogP contribution in [0.15, 0.2) is 54.9 Å². The number of rotatable bonds is 6. The van der Waals surface area contributed by atoms with Gasteiger partial charge in [-0.05, 0) is 23.6 Å². The molecular weight excluding hydrogens is 274 g/mol. The Morgan fingerprint density at radius 2 is 1.95 bits per heavy atom. The Kier molecular flexibility index (Phi) is 4.81. The van der Waals surface area contributed by atoms with Crippen molar-refractivity contribution in [2.24, 2.45) is 0 Å². The molecule has 1 unspecified atom stereocenters. The Hall–Kier alpha value is -2.20. The lowest BCUT2D eigenvalue weighted by Crippen LogP contribution is -2.33. The Labute approximate surface area is 131 Å². The Balaban J connectivity index is 1.46. The molecule has 1 saturated heterocycles. The van der Waals surface area contributed by atoms with Crippen molar-refractivity contribution < 1.29 is 4.79 Å². The van der Waals surface area contributed by atoms with E-state index in [4.69, 9.17) is 0 Å². The first-order valence-electron chi connectivity index (χ1n) is 7.75. The molecular formula is C18H21N3O. The van der Waals surface area contributed by atoms with Gasteiger partial charge in [0.1, 0.15) is 0 Å². The third-order valence-electron chi connectivity index (χ3n) is 4.05. The van der Waals surface area contributed by atoms with Crippen molar-refractivity contribution in [2.75, 3.05) is 13.1 Å². The lowest BCUT2D eigenvalue weighted by atomic mass is 10.1. The SMILES string of the molecule is O=C1CC(NCc2cccnc2)CN1CCc1ccccc1. The fourth-order valence-electron chi connectivity index (χ4n) is 2.80. The van der Waals surface area contributed by atoms with Gasteiger partial charge in [-0.2, -0.15) is 0 Å². The van der Waals surface area contributed by atoms with Crippen molar-refractivity contribution in [3.05, 3.63) is 66.0 Å². The molecule has 2 heterocycles. The van der Waals surface area contributed by atoms with Gasteiger partial charge in [0.25, 0.3) is 0 Å². The molecule has 2 aromatic rings. The Morgan fingerprint density at radius 1 is 1.14 bits per heavy atom. The van der Waals surface area contributed by atoms with Gasteiger partial charge in [0, 0.05) is 44.5 Å². The summed E-state index contributed by atoms with van der Waals surface area (Å²) >= 11 is 0. The van der Waals surface area contributed by atoms with Gasteiger partial charge < -0.3 is 10.2 Å². The Bertz CT molecular complexity index is 600. The largest absolute Gasteiger partial charge is 0.341 e. The van der Waals surface area contributed by atoms with Crippen LogP contribution in [0.3, 0.4) is 0 Å². The number of likely N-dealkylation sites (tertiary alicyclic amines) is 1. The summed E-state index contributed by atoms with van der Waals surface area (Å²) in [6.45, 7) is 2.36. The number of benzene rings is 1. The summed E-state index contributed by atoms with van der Waals surface area (Å²) in [6, 6.07) is 14.5. The van der Waals surface area contributed by atoms with Crippen LogP contribution in [0.1, 0.15) is 17.5 Å². The van der Waals surface area contributed by atoms with Crippen molar-refractivity contribution >= 4 is 5.91 Å². The molecule has 0 bridgehead atoms. The fourth-order valence-corrected chi connectivity index (χ4v) is 2.80. The molecule has 1 fully saturated rings. The van der Waals surface area contributed by atoms with Crippen LogP contribution in [0.4, 0.5) is 0 Å². The number of pyridine rings is 1. The van der Waals surface area contributed by atoms with Crippen molar-refractivity contribution in [3.63, 3.8) is 0 Å². The minimum Gasteiger partial charge on any atom is -0.341 e. The van der Waals surface area contributed by atoms with E-state index in [0.717, 1.165) is 31.6 Å². The molecule has 4 nitrogen and oxygen atoms in total. The maximum absolute atomic E-state index is 12.1. The Morgan fingerprint density at radius 3 is 2.73 bits per heavy atom. The lowest BCUT2D eigenvalue weighted by Gasteiger charge is -2.17. The second kappa shape index (κ2) is 7.18. The number of nitrogens with one attached hydrogen (secondary N) is 1. The van der Waals surface area contributed by atoms with Gasteiger partial charge in [-0.25, -0.2) is 0 Å². The quantitative estimate of drug-likeness (QED) is 0.887. The molecule has 0 radical (unpaired) electrons. The van der Waals surface area contributed by atoms with E-state index in [9.17, 15) is 4.79 Å². The molecule has 1 atom stereocenters. The number of aromatic nitrogens is 1. The fraction of sp³-hybridized carbons (Fsp3) is 0.333. The molecule has 1 aromatic heterocycles. The molecule has 1 aliphatic heterocycles. The minimum atomic E-state index is 0.239. The zero-order chi connectivity index (χ0) is 15.2. The smallest absolute Gasteiger partial charge is 0.224 e. The van der Waals surface area contributed by atoms with Crippen LogP contribution in [0.2, 0.25) is 0 Å². The first kappa shape index (κ1) is 14.7. The number of hydrogen-bond donors (Lipinski definition) is 1. The highest BCUT2D eigenvalue weighted by atomic mass is 16.2. The number of carbonyl (C=O) groups is 1. The first-order chi connectivity index (χ1) is 10.8. The van der Waals surface area contributed by atoms with Gasteiger partial charge >= 0.3 is 0 Å². The van der Waals surface area contributed by atoms with Crippen LogP contribution in [0.25, 0.3) is 0 Å². The summed E-state index contributed by atoms with van der Waals surface area (Å²) in [5.74, 6) is 0.250. The summed E-state index contributed by atoms with van der Waals surface area (Å²) in [7, 11) is 0. The van der Waals surface area contributed by atoms with Crippen LogP contribution in [-0.4, -0.2) is 34.9 Å². The molecule has 1 amide bonds. The number of carbonyl (C=O) groups excluding carboxylic acids is 1. The number of hydrogen-bond acceptors (Lipinski definition) is 3. The summed E-state index contributed by atoms with van der Waals surface area (Å²) in [5.41, 5.74) is 2.43. The van der Waals surface area contributed by atoms with Gasteiger partial charge in [0.2, 0.25) is 5.91 Å². The van der Waals surface area contributed by atoms with Crippen molar-refractivity contribution in [1.82, 2.24) is 15.2 Å². The van der Waals surface area contributed by atoms with Crippen LogP contribution in [-0.2, 0) is 17.8 Å². The molecule has 0 aliphatic carbocycles. The molecule has 114 valence electrons. The van der Waals surface area contributed by atoms with Crippen molar-refractivity contribution in [1.29, 1.82) is 0 Å². The third-order valence-corrected chi connectivity index (χ3v) is 4.05. The standard InChI is InChI=1S/C18H21N3O/c22-18-11-17(20-13-16-7-4-9-19-12-16)14-21(18)10-8-15-5-2-1-3-6-15/h1-7,9,12,17,20H,8,10-11,13-14H2. The van der Waals surface area contributed by atoms with Crippen LogP contribution >= 0.6 is 0 Å². The molecule has 1 aliphatic rings. The lowest BCUT2D eigenvalue weighted by molar-refractivity contribution is -0.127. The van der Waals surface area contributed by atoms with Gasteiger partial charge in [-0.3, -0.25) is 9.78 Å². The van der Waals surface area contributed by atoms with Crippen molar-refractivity contribution in [3.8, 4) is 0 Å². The topological polar surface area (TPSA) is 45.2 Å². The highest BCUT2D eigenvalue weighted by Gasteiger charge is 2.28. The van der Waals surface area contributed by atoms with E-state index in [1.807, 2.05) is 41.4 Å². The maximum atomic E-state index is 12.1. The predicted octanol–water partition coefficient (Wildman–Crippen LogP) is 2.01. The van der Waals surface area contributed by atoms with E-state index in [-0.39, 0.29) is 11.9 Å². The summed E-state index contributed by atoms with van der Waals surface area (Å²) in [4.78, 5) is 18.2. The maximum Gasteiger partial charge on any atom is 0.224 e. The number of amides is 1. The van der Waals surface area contributed by atoms with Gasteiger partial charge in [0.15, 0.2) is 0 Å². The minimum absolute atomic E-state index is 0.239. The highest BCUT2D eigenvalue weighted by molar-refractivity contribution is 5.79. The van der Waals surface area contributed by atoms with Crippen LogP contribution < -0.4 is 5.32 Å². The molecule has 22 heavy (non-hydrogen) atoms. The summed E-state index contributed by atoms with van der Waals surface area (Å²) in [6.07, 6.45) is 5.14. The van der Waals surface area contributed by atoms with E-state index in [0.29, 0.717) is 6.42 Å². The van der Waals surface area contributed by atoms with E-state index in [1.165, 1.54) is 5.56 Å². The van der Waals surface area contributed by atoms with E-state index < -0.39 is 0 Å². The zero-order valence-electron chi connectivity index (χ0n) is 12.6. The summed E-state index contributed by atoms with van der Waals surface area (Å²) in [5, 5.41) is 3.45. The van der Waals surface area contributed by atoms with Crippen LogP contribution in [0, 0.1) is 0 Å². The van der Waals surface area contributed by atoms with Gasteiger partial charge in [0.05, 0.1) is 0 Å². The normalized spacial score (nSPS) is 17.9. The average molecular weight is 295 g/mol. The third kappa shape index (κ3) is 3.92. The van der Waals surface area contributed by atoms with E-state index in [1.54, 1.807) is 6.20 Å². The molecule has 0 saturated carbocycles. The van der Waals surface area contributed by atoms with Crippen molar-refractivity contribution in [2.45, 2.75) is 25.4 Å². The molecule has 0 spiro atoms. The van der Waals surface area contributed by atoms with E-state index >= 15 is 0 Å². The van der Waals surface area contributed by atoms with Crippen LogP contribution in [0.5, 0.6) is 0 Å². The molecule has 1 aromatic carbocycles. The molecule has 1 N–H and O–H groups in total. The number of nitrogens with zero attached hydrogens (tertiary/aromatic N) is 2. The second-order valence-electron chi connectivity index (χ2n) is 5.72. The molecule has 4 heteroatoms. The predicted molar refractivity (Wildman–Crippen MR) is 86.2 cm³/mol. The summed E-state index contributed by atoms with van der Waals surface area (Å²) < 4.78 is 0. The highest BCUT2D eigenvalue weighted by Crippen LogP contribution is 2.13. The van der Waals surface area contributed by atoms with Gasteiger partial charge in [-0.15, -0.1) is 0 Å². The van der Waals surface area contributed by atoms with Gasteiger partial charge in [-0.1, -0.05) is 36.4 Å². The van der Waals surface area contributed by atoms with E-state index in [2.05, 4.69) is 22.4 Å². The monoisotopic (exact) mass is 295 g/mol. The zero-order valence-corrected chi connectivity index (χ0v) is 12.6. The molecule has 3 rings (SSSR count). The second-order valence-corrected chi connectivity index (χ2v) is 5.72. The first-order valence-corrected chi connectivity index (χ1v) is 7.75. The average Bonchev–Trinajstić information content (AvgIpc) is 2.93.